The summed E-state index contributed by atoms with van der Waals surface area (Å²) in [5.41, 5.74) is 15.1. The Balaban J connectivity index is 1.23. The number of rotatable bonds is 16. The average molecular weight is 635 g/mol. The highest BCUT2D eigenvalue weighted by molar-refractivity contribution is 5.49. The van der Waals surface area contributed by atoms with Gasteiger partial charge in [0.25, 0.3) is 0 Å². The van der Waals surface area contributed by atoms with Crippen molar-refractivity contribution >= 4 is 11.4 Å². The first-order chi connectivity index (χ1) is 23.0. The molecule has 47 heavy (non-hydrogen) atoms. The summed E-state index contributed by atoms with van der Waals surface area (Å²) >= 11 is 0. The first-order valence-electron chi connectivity index (χ1n) is 16.7. The Morgan fingerprint density at radius 2 is 0.809 bits per heavy atom. The Bertz CT molecular complexity index is 1520. The van der Waals surface area contributed by atoms with E-state index < -0.39 is 0 Å². The third kappa shape index (κ3) is 6.97. The summed E-state index contributed by atoms with van der Waals surface area (Å²) in [5, 5.41) is 0. The zero-order chi connectivity index (χ0) is 31.8. The molecule has 0 radical (unpaired) electrons. The van der Waals surface area contributed by atoms with Crippen LogP contribution in [0.15, 0.2) is 97.1 Å². The molecule has 4 fully saturated rings. The molecule has 0 spiro atoms. The molecule has 0 aliphatic carbocycles. The van der Waals surface area contributed by atoms with E-state index in [1.54, 1.807) is 0 Å². The third-order valence-electron chi connectivity index (χ3n) is 10.1. The number of benzene rings is 4. The Labute approximate surface area is 275 Å². The van der Waals surface area contributed by atoms with Crippen molar-refractivity contribution < 1.29 is 28.4 Å². The van der Waals surface area contributed by atoms with Gasteiger partial charge in [-0.05, 0) is 121 Å². The fraction of sp³-hybridized carbons (Fsp3) is 0.385. The van der Waals surface area contributed by atoms with Crippen molar-refractivity contribution in [2.75, 3.05) is 37.9 Å². The third-order valence-corrected chi connectivity index (χ3v) is 10.1. The predicted molar refractivity (Wildman–Crippen MR) is 180 cm³/mol. The van der Waals surface area contributed by atoms with Crippen LogP contribution in [0.5, 0.6) is 23.0 Å². The smallest absolute Gasteiger partial charge is 0.127 e. The number of hydrogen-bond donors (Lipinski definition) is 2. The molecule has 4 heterocycles. The minimum Gasteiger partial charge on any atom is -0.457 e. The molecule has 0 saturated carbocycles. The Morgan fingerprint density at radius 1 is 0.489 bits per heavy atom. The number of epoxide rings is 4. The van der Waals surface area contributed by atoms with Gasteiger partial charge in [0.15, 0.2) is 0 Å². The van der Waals surface area contributed by atoms with E-state index in [2.05, 4.69) is 48.5 Å². The normalized spacial score (nSPS) is 23.8. The number of anilines is 2. The van der Waals surface area contributed by atoms with Crippen molar-refractivity contribution in [3.63, 3.8) is 0 Å². The lowest BCUT2D eigenvalue weighted by molar-refractivity contribution is 0.0617. The standard InChI is InChI=1S/C39H42N2O6/c40-28-5-13-32(14-6-28)46-30-9-1-26(2-10-30)39(18-17-34-22-42-34,27-3-11-31(12-4-27)47-33-15-7-29(41)8-16-33)38(19-35-23-43-35,20-36-24-44-36)21-37-25-45-37/h1-16,34-37H,17-25,40-41H2. The molecule has 8 nitrogen and oxygen atoms in total. The predicted octanol–water partition coefficient (Wildman–Crippen LogP) is 7.25. The van der Waals surface area contributed by atoms with Gasteiger partial charge in [-0.1, -0.05) is 24.3 Å². The Hall–Kier alpha value is -4.08. The van der Waals surface area contributed by atoms with Gasteiger partial charge in [-0.25, -0.2) is 0 Å². The van der Waals surface area contributed by atoms with Gasteiger partial charge in [-0.15, -0.1) is 0 Å². The second-order valence-corrected chi connectivity index (χ2v) is 13.5. The molecule has 8 heteroatoms. The van der Waals surface area contributed by atoms with Gasteiger partial charge in [-0.3, -0.25) is 0 Å². The maximum Gasteiger partial charge on any atom is 0.127 e. The van der Waals surface area contributed by atoms with E-state index >= 15 is 0 Å². The molecule has 4 aromatic rings. The monoisotopic (exact) mass is 634 g/mol. The van der Waals surface area contributed by atoms with Gasteiger partial charge >= 0.3 is 0 Å². The first kappa shape index (κ1) is 30.3. The fourth-order valence-corrected chi connectivity index (χ4v) is 7.54. The summed E-state index contributed by atoms with van der Waals surface area (Å²) in [5.74, 6) is 3.05. The van der Waals surface area contributed by atoms with Crippen molar-refractivity contribution in [3.8, 4) is 23.0 Å². The summed E-state index contributed by atoms with van der Waals surface area (Å²) in [6.45, 7) is 3.20. The molecule has 4 aromatic carbocycles. The van der Waals surface area contributed by atoms with Crippen LogP contribution in [0.4, 0.5) is 11.4 Å². The van der Waals surface area contributed by atoms with E-state index in [-0.39, 0.29) is 35.2 Å². The van der Waals surface area contributed by atoms with Crippen LogP contribution in [-0.4, -0.2) is 50.8 Å². The van der Waals surface area contributed by atoms with Gasteiger partial charge in [-0.2, -0.15) is 0 Å². The molecule has 8 rings (SSSR count). The van der Waals surface area contributed by atoms with E-state index in [0.29, 0.717) is 11.4 Å². The topological polar surface area (TPSA) is 121 Å². The zero-order valence-electron chi connectivity index (χ0n) is 26.5. The van der Waals surface area contributed by atoms with Crippen LogP contribution in [0.3, 0.4) is 0 Å². The Kier molecular flexibility index (Phi) is 8.05. The van der Waals surface area contributed by atoms with Gasteiger partial charge < -0.3 is 39.9 Å². The van der Waals surface area contributed by atoms with E-state index in [1.165, 1.54) is 11.1 Å². The maximum absolute atomic E-state index is 6.24. The van der Waals surface area contributed by atoms with E-state index in [4.69, 9.17) is 39.9 Å². The average Bonchev–Trinajstić information content (AvgIpc) is 3.88. The molecule has 4 aliphatic heterocycles. The van der Waals surface area contributed by atoms with E-state index in [9.17, 15) is 0 Å². The highest BCUT2D eigenvalue weighted by Crippen LogP contribution is 2.61. The van der Waals surface area contributed by atoms with Crippen LogP contribution < -0.4 is 20.9 Å². The number of nitrogen functional groups attached to an aromatic ring is 2. The molecule has 0 aromatic heterocycles. The van der Waals surface area contributed by atoms with Crippen LogP contribution in [0, 0.1) is 5.41 Å². The van der Waals surface area contributed by atoms with Crippen molar-refractivity contribution in [1.29, 1.82) is 0 Å². The van der Waals surface area contributed by atoms with Crippen molar-refractivity contribution in [2.45, 2.75) is 61.9 Å². The van der Waals surface area contributed by atoms with Crippen LogP contribution in [0.25, 0.3) is 0 Å². The fourth-order valence-electron chi connectivity index (χ4n) is 7.54. The molecule has 244 valence electrons. The Morgan fingerprint density at radius 3 is 1.13 bits per heavy atom. The second-order valence-electron chi connectivity index (χ2n) is 13.5. The lowest BCUT2D eigenvalue weighted by atomic mass is 9.50. The SMILES string of the molecule is Nc1ccc(Oc2ccc(C(CCC3CO3)(c3ccc(Oc4ccc(N)cc4)cc3)C(CC3CO3)(CC3CO3)CC3CO3)cc2)cc1. The van der Waals surface area contributed by atoms with Gasteiger partial charge in [0.1, 0.15) is 23.0 Å². The van der Waals surface area contributed by atoms with Crippen LogP contribution in [0.2, 0.25) is 0 Å². The molecule has 4 saturated heterocycles. The van der Waals surface area contributed by atoms with E-state index in [1.807, 2.05) is 48.5 Å². The van der Waals surface area contributed by atoms with Crippen LogP contribution in [0.1, 0.15) is 43.2 Å². The molecule has 4 N–H and O–H groups in total. The van der Waals surface area contributed by atoms with Gasteiger partial charge in [0.2, 0.25) is 0 Å². The number of ether oxygens (including phenoxy) is 6. The molecule has 4 atom stereocenters. The minimum atomic E-state index is -0.387. The second kappa shape index (κ2) is 12.5. The van der Waals surface area contributed by atoms with Gasteiger partial charge in [0, 0.05) is 16.8 Å². The van der Waals surface area contributed by atoms with E-state index in [0.717, 1.165) is 81.5 Å². The summed E-state index contributed by atoms with van der Waals surface area (Å²) in [7, 11) is 0. The molecule has 4 aliphatic rings. The lowest BCUT2D eigenvalue weighted by Crippen LogP contribution is -2.50. The summed E-state index contributed by atoms with van der Waals surface area (Å²) < 4.78 is 36.3. The van der Waals surface area contributed by atoms with Crippen molar-refractivity contribution in [3.05, 3.63) is 108 Å². The van der Waals surface area contributed by atoms with Crippen LogP contribution in [-0.2, 0) is 24.4 Å². The number of hydrogen-bond acceptors (Lipinski definition) is 8. The first-order valence-corrected chi connectivity index (χ1v) is 16.7. The molecule has 0 bridgehead atoms. The zero-order valence-corrected chi connectivity index (χ0v) is 26.5. The summed E-state index contributed by atoms with van der Waals surface area (Å²) in [4.78, 5) is 0. The summed E-state index contributed by atoms with van der Waals surface area (Å²) in [6.07, 6.45) is 5.64. The minimum absolute atomic E-state index is 0.190. The molecular weight excluding hydrogens is 592 g/mol. The highest BCUT2D eigenvalue weighted by Gasteiger charge is 2.59. The number of nitrogens with two attached hydrogens (primary N) is 2. The molecular formula is C39H42N2O6. The van der Waals surface area contributed by atoms with Crippen molar-refractivity contribution in [2.24, 2.45) is 5.41 Å². The highest BCUT2D eigenvalue weighted by atomic mass is 16.6. The van der Waals surface area contributed by atoms with Crippen LogP contribution >= 0.6 is 0 Å². The largest absolute Gasteiger partial charge is 0.457 e. The quantitative estimate of drug-likeness (QED) is 0.0977. The molecule has 4 unspecified atom stereocenters. The molecule has 0 amide bonds. The van der Waals surface area contributed by atoms with Gasteiger partial charge in [0.05, 0.1) is 50.8 Å². The lowest BCUT2D eigenvalue weighted by Gasteiger charge is -2.52. The van der Waals surface area contributed by atoms with Crippen molar-refractivity contribution in [1.82, 2.24) is 0 Å². The summed E-state index contributed by atoms with van der Waals surface area (Å²) in [6, 6.07) is 32.3. The maximum atomic E-state index is 6.24.